The molecule has 0 aromatic carbocycles. The van der Waals surface area contributed by atoms with Gasteiger partial charge in [-0.15, -0.1) is 0 Å². The van der Waals surface area contributed by atoms with Crippen molar-refractivity contribution >= 4 is 15.7 Å². The summed E-state index contributed by atoms with van der Waals surface area (Å²) in [6, 6.07) is 3.40. The van der Waals surface area contributed by atoms with E-state index in [2.05, 4.69) is 24.8 Å². The Bertz CT molecular complexity index is 993. The van der Waals surface area contributed by atoms with Gasteiger partial charge in [0.2, 0.25) is 0 Å². The van der Waals surface area contributed by atoms with Gasteiger partial charge in [0.1, 0.15) is 0 Å². The minimum absolute atomic E-state index is 0.268. The quantitative estimate of drug-likeness (QED) is 0.715. The van der Waals surface area contributed by atoms with Crippen LogP contribution >= 0.6 is 0 Å². The molecule has 0 bridgehead atoms. The number of rotatable bonds is 4. The molecule has 8 nitrogen and oxygen atoms in total. The van der Waals surface area contributed by atoms with Crippen LogP contribution in [0.3, 0.4) is 0 Å². The fraction of sp³-hybridized carbons (Fsp3) is 0.286. The van der Waals surface area contributed by atoms with Gasteiger partial charge in [-0.2, -0.15) is 5.10 Å². The van der Waals surface area contributed by atoms with E-state index < -0.39 is 10.0 Å². The molecular weight excluding hydrogens is 316 g/mol. The lowest BCUT2D eigenvalue weighted by Crippen LogP contribution is -2.21. The van der Waals surface area contributed by atoms with Crippen LogP contribution in [0.4, 0.5) is 0 Å². The standard InChI is InChI=1S/C14H14N6O2S/c1-15-23(21,22)14-16-6-4-11(19-14)12-5-7-20-13(18-12)10(8-17-20)9-2-3-9/h4-9,15H,2-3H2,1H3. The van der Waals surface area contributed by atoms with E-state index in [4.69, 9.17) is 0 Å². The zero-order chi connectivity index (χ0) is 16.0. The molecule has 3 aromatic rings. The maximum Gasteiger partial charge on any atom is 0.276 e. The first-order valence-corrected chi connectivity index (χ1v) is 8.68. The van der Waals surface area contributed by atoms with Crippen molar-refractivity contribution in [3.63, 3.8) is 0 Å². The highest BCUT2D eigenvalue weighted by Gasteiger charge is 2.27. The van der Waals surface area contributed by atoms with Crippen LogP contribution < -0.4 is 4.72 Å². The fourth-order valence-electron chi connectivity index (χ4n) is 2.42. The summed E-state index contributed by atoms with van der Waals surface area (Å²) in [5.74, 6) is 0.529. The molecule has 3 aromatic heterocycles. The summed E-state index contributed by atoms with van der Waals surface area (Å²) >= 11 is 0. The van der Waals surface area contributed by atoms with Gasteiger partial charge in [0.05, 0.1) is 17.6 Å². The number of hydrogen-bond donors (Lipinski definition) is 1. The van der Waals surface area contributed by atoms with Gasteiger partial charge in [-0.3, -0.25) is 0 Å². The van der Waals surface area contributed by atoms with Crippen LogP contribution in [0.15, 0.2) is 35.9 Å². The van der Waals surface area contributed by atoms with Crippen LogP contribution in [0.25, 0.3) is 17.0 Å². The van der Waals surface area contributed by atoms with Crippen molar-refractivity contribution in [2.45, 2.75) is 23.9 Å². The van der Waals surface area contributed by atoms with E-state index in [9.17, 15) is 8.42 Å². The second-order valence-corrected chi connectivity index (χ2v) is 7.17. The highest BCUT2D eigenvalue weighted by molar-refractivity contribution is 7.89. The van der Waals surface area contributed by atoms with Crippen LogP contribution in [0.5, 0.6) is 0 Å². The van der Waals surface area contributed by atoms with Crippen molar-refractivity contribution in [3.8, 4) is 11.4 Å². The van der Waals surface area contributed by atoms with Crippen LogP contribution in [-0.2, 0) is 10.0 Å². The van der Waals surface area contributed by atoms with Crippen LogP contribution in [0.2, 0.25) is 0 Å². The molecule has 0 unspecified atom stereocenters. The van der Waals surface area contributed by atoms with Crippen LogP contribution in [0.1, 0.15) is 24.3 Å². The average molecular weight is 330 g/mol. The molecule has 0 amide bonds. The maximum absolute atomic E-state index is 11.8. The van der Waals surface area contributed by atoms with Crippen molar-refractivity contribution < 1.29 is 8.42 Å². The number of nitrogens with zero attached hydrogens (tertiary/aromatic N) is 5. The third-order valence-electron chi connectivity index (χ3n) is 3.82. The molecule has 118 valence electrons. The van der Waals surface area contributed by atoms with Gasteiger partial charge in [0.25, 0.3) is 15.2 Å². The van der Waals surface area contributed by atoms with Gasteiger partial charge in [-0.1, -0.05) is 0 Å². The van der Waals surface area contributed by atoms with E-state index in [0.717, 1.165) is 24.1 Å². The third-order valence-corrected chi connectivity index (χ3v) is 5.03. The first-order chi connectivity index (χ1) is 11.1. The molecule has 0 saturated heterocycles. The zero-order valence-corrected chi connectivity index (χ0v) is 13.2. The van der Waals surface area contributed by atoms with Crippen molar-refractivity contribution in [1.29, 1.82) is 0 Å². The van der Waals surface area contributed by atoms with E-state index >= 15 is 0 Å². The summed E-state index contributed by atoms with van der Waals surface area (Å²) in [4.78, 5) is 12.5. The highest BCUT2D eigenvalue weighted by atomic mass is 32.2. The first-order valence-electron chi connectivity index (χ1n) is 7.20. The monoisotopic (exact) mass is 330 g/mol. The second-order valence-electron chi connectivity index (χ2n) is 5.39. The number of hydrogen-bond acceptors (Lipinski definition) is 6. The Kier molecular flexibility index (Phi) is 3.13. The van der Waals surface area contributed by atoms with Crippen molar-refractivity contribution in [2.24, 2.45) is 0 Å². The van der Waals surface area contributed by atoms with E-state index in [0.29, 0.717) is 17.3 Å². The Morgan fingerprint density at radius 3 is 2.74 bits per heavy atom. The normalized spacial score (nSPS) is 15.2. The predicted molar refractivity (Wildman–Crippen MR) is 82.2 cm³/mol. The topological polar surface area (TPSA) is 102 Å². The second kappa shape index (κ2) is 5.07. The minimum atomic E-state index is -3.69. The van der Waals surface area contributed by atoms with Crippen molar-refractivity contribution in [3.05, 3.63) is 36.3 Å². The molecule has 3 heterocycles. The lowest BCUT2D eigenvalue weighted by atomic mass is 10.2. The van der Waals surface area contributed by atoms with Crippen LogP contribution in [0, 0.1) is 0 Å². The van der Waals surface area contributed by atoms with E-state index in [-0.39, 0.29) is 5.16 Å². The van der Waals surface area contributed by atoms with Crippen molar-refractivity contribution in [2.75, 3.05) is 7.05 Å². The highest BCUT2D eigenvalue weighted by Crippen LogP contribution is 2.41. The molecule has 23 heavy (non-hydrogen) atoms. The first kappa shape index (κ1) is 14.2. The molecule has 1 saturated carbocycles. The van der Waals surface area contributed by atoms with Crippen LogP contribution in [-0.4, -0.2) is 40.0 Å². The van der Waals surface area contributed by atoms with Gasteiger partial charge in [-0.25, -0.2) is 32.6 Å². The summed E-state index contributed by atoms with van der Waals surface area (Å²) in [6.45, 7) is 0. The van der Waals surface area contributed by atoms with Crippen molar-refractivity contribution in [1.82, 2.24) is 29.3 Å². The molecule has 0 spiro atoms. The number of nitrogens with one attached hydrogen (secondary N) is 1. The fourth-order valence-corrected chi connectivity index (χ4v) is 3.02. The third kappa shape index (κ3) is 2.47. The lowest BCUT2D eigenvalue weighted by molar-refractivity contribution is 0.579. The number of aromatic nitrogens is 5. The summed E-state index contributed by atoms with van der Waals surface area (Å²) in [7, 11) is -2.37. The Morgan fingerprint density at radius 1 is 1.22 bits per heavy atom. The Hall–Kier alpha value is -2.39. The molecule has 0 radical (unpaired) electrons. The average Bonchev–Trinajstić information content (AvgIpc) is 3.34. The molecule has 4 rings (SSSR count). The smallest absolute Gasteiger partial charge is 0.227 e. The molecule has 9 heteroatoms. The molecule has 0 atom stereocenters. The summed E-state index contributed by atoms with van der Waals surface area (Å²) in [5.41, 5.74) is 2.97. The maximum atomic E-state index is 11.8. The largest absolute Gasteiger partial charge is 0.276 e. The summed E-state index contributed by atoms with van der Waals surface area (Å²) in [5, 5.41) is 4.03. The van der Waals surface area contributed by atoms with Gasteiger partial charge in [0, 0.05) is 18.0 Å². The minimum Gasteiger partial charge on any atom is -0.227 e. The van der Waals surface area contributed by atoms with Gasteiger partial charge >= 0.3 is 0 Å². The Morgan fingerprint density at radius 2 is 2.00 bits per heavy atom. The molecule has 1 fully saturated rings. The van der Waals surface area contributed by atoms with Gasteiger partial charge in [-0.05, 0) is 37.9 Å². The Balaban J connectivity index is 1.83. The van der Waals surface area contributed by atoms with E-state index in [1.54, 1.807) is 22.8 Å². The number of fused-ring (bicyclic) bond motifs is 1. The molecule has 0 aliphatic heterocycles. The SMILES string of the molecule is CNS(=O)(=O)c1nccc(-c2ccn3ncc(C4CC4)c3n2)n1. The van der Waals surface area contributed by atoms with E-state index in [1.807, 2.05) is 6.20 Å². The molecule has 1 aliphatic rings. The van der Waals surface area contributed by atoms with E-state index in [1.165, 1.54) is 13.2 Å². The molecule has 1 aliphatic carbocycles. The number of sulfonamides is 1. The summed E-state index contributed by atoms with van der Waals surface area (Å²) < 4.78 is 27.6. The van der Waals surface area contributed by atoms with Gasteiger partial charge < -0.3 is 0 Å². The molecular formula is C14H14N6O2S. The predicted octanol–water partition coefficient (Wildman–Crippen LogP) is 0.972. The zero-order valence-electron chi connectivity index (χ0n) is 12.3. The summed E-state index contributed by atoms with van der Waals surface area (Å²) in [6.07, 6.45) is 7.38. The molecule has 1 N–H and O–H groups in total. The van der Waals surface area contributed by atoms with Gasteiger partial charge in [0.15, 0.2) is 5.65 Å². The lowest BCUT2D eigenvalue weighted by Gasteiger charge is -2.04. The Labute approximate surface area is 132 Å².